The number of anilines is 1. The van der Waals surface area contributed by atoms with Gasteiger partial charge < -0.3 is 9.64 Å². The fraction of sp³-hybridized carbons (Fsp3) is 0.500. The van der Waals surface area contributed by atoms with E-state index in [9.17, 15) is 4.79 Å². The molecule has 2 fully saturated rings. The van der Waals surface area contributed by atoms with Gasteiger partial charge in [-0.15, -0.1) is 0 Å². The lowest BCUT2D eigenvalue weighted by Crippen LogP contribution is -2.59. The lowest BCUT2D eigenvalue weighted by atomic mass is 10.1. The maximum Gasteiger partial charge on any atom is 0.249 e. The summed E-state index contributed by atoms with van der Waals surface area (Å²) in [5.74, 6) is 0.541. The zero-order valence-corrected chi connectivity index (χ0v) is 15.8. The average molecular weight is 409 g/mol. The van der Waals surface area contributed by atoms with Crippen molar-refractivity contribution in [2.24, 2.45) is 4.99 Å². The van der Waals surface area contributed by atoms with Crippen LogP contribution >= 0.6 is 15.9 Å². The zero-order chi connectivity index (χ0) is 17.6. The van der Waals surface area contributed by atoms with Crippen molar-refractivity contribution in [1.29, 1.82) is 0 Å². The highest BCUT2D eigenvalue weighted by atomic mass is 79.9. The number of halogens is 1. The van der Waals surface area contributed by atoms with Crippen molar-refractivity contribution in [2.45, 2.75) is 26.1 Å². The van der Waals surface area contributed by atoms with Crippen LogP contribution < -0.4 is 21.3 Å². The van der Waals surface area contributed by atoms with E-state index in [1.165, 1.54) is 0 Å². The molecule has 2 saturated heterocycles. The van der Waals surface area contributed by atoms with Gasteiger partial charge in [0.15, 0.2) is 0 Å². The molecule has 25 heavy (non-hydrogen) atoms. The van der Waals surface area contributed by atoms with Crippen molar-refractivity contribution in [3.05, 3.63) is 27.7 Å². The van der Waals surface area contributed by atoms with Crippen LogP contribution in [0.1, 0.15) is 11.1 Å². The van der Waals surface area contributed by atoms with Crippen molar-refractivity contribution in [3.63, 3.8) is 0 Å². The monoisotopic (exact) mass is 408 g/mol. The molecule has 1 aromatic rings. The molecule has 1 aromatic carbocycles. The van der Waals surface area contributed by atoms with Gasteiger partial charge in [0.1, 0.15) is 12.2 Å². The molecule has 2 atom stereocenters. The number of benzene rings is 1. The summed E-state index contributed by atoms with van der Waals surface area (Å²) in [7, 11) is 0. The van der Waals surface area contributed by atoms with E-state index < -0.39 is 6.04 Å². The molecule has 0 aliphatic carbocycles. The van der Waals surface area contributed by atoms with E-state index in [-0.39, 0.29) is 12.1 Å². The summed E-state index contributed by atoms with van der Waals surface area (Å²) in [5.41, 5.74) is 9.75. The lowest BCUT2D eigenvalue weighted by Gasteiger charge is -2.33. The number of guanidine groups is 1. The van der Waals surface area contributed by atoms with Crippen LogP contribution in [0.2, 0.25) is 0 Å². The van der Waals surface area contributed by atoms with E-state index in [1.807, 2.05) is 19.0 Å². The number of fused-ring (bicyclic) bond motifs is 1. The molecule has 3 heterocycles. The van der Waals surface area contributed by atoms with E-state index in [1.54, 1.807) is 0 Å². The summed E-state index contributed by atoms with van der Waals surface area (Å²) < 4.78 is 6.40. The Morgan fingerprint density at radius 2 is 1.88 bits per heavy atom. The summed E-state index contributed by atoms with van der Waals surface area (Å²) in [6.45, 7) is 6.86. The molecule has 9 heteroatoms. The first-order valence-electron chi connectivity index (χ1n) is 8.33. The molecule has 1 amide bonds. The molecule has 4 rings (SSSR count). The molecule has 3 N–H and O–H groups in total. The van der Waals surface area contributed by atoms with Crippen LogP contribution in [0.5, 0.6) is 0 Å². The molecule has 0 radical (unpaired) electrons. The summed E-state index contributed by atoms with van der Waals surface area (Å²) in [4.78, 5) is 19.3. The van der Waals surface area contributed by atoms with Gasteiger partial charge in [0.05, 0.1) is 18.9 Å². The number of carbonyl (C=O) groups is 1. The largest absolute Gasteiger partial charge is 0.378 e. The van der Waals surface area contributed by atoms with E-state index in [0.717, 1.165) is 34.4 Å². The van der Waals surface area contributed by atoms with Crippen molar-refractivity contribution in [1.82, 2.24) is 21.1 Å². The number of nitrogens with one attached hydrogen (secondary N) is 3. The normalized spacial score (nSPS) is 26.4. The predicted octanol–water partition coefficient (Wildman–Crippen LogP) is 0.408. The molecule has 2 unspecified atom stereocenters. The van der Waals surface area contributed by atoms with Crippen LogP contribution in [0.15, 0.2) is 21.6 Å². The van der Waals surface area contributed by atoms with Gasteiger partial charge in [0, 0.05) is 17.6 Å². The SMILES string of the molecule is Cc1cc(Br)cc(C)c1N1NC2N=C(N3CCOCC3)NC(=O)C2N1. The highest BCUT2D eigenvalue weighted by Gasteiger charge is 2.42. The average Bonchev–Trinajstić information content (AvgIpc) is 2.99. The number of nitrogens with zero attached hydrogens (tertiary/aromatic N) is 3. The Kier molecular flexibility index (Phi) is 4.40. The number of amides is 1. The van der Waals surface area contributed by atoms with Crippen LogP contribution in [0.25, 0.3) is 0 Å². The van der Waals surface area contributed by atoms with Gasteiger partial charge in [-0.3, -0.25) is 10.1 Å². The number of hydrogen-bond donors (Lipinski definition) is 3. The number of aryl methyl sites for hydroxylation is 2. The minimum Gasteiger partial charge on any atom is -0.378 e. The molecule has 0 bridgehead atoms. The van der Waals surface area contributed by atoms with E-state index >= 15 is 0 Å². The fourth-order valence-electron chi connectivity index (χ4n) is 3.43. The van der Waals surface area contributed by atoms with Crippen molar-refractivity contribution in [2.75, 3.05) is 31.4 Å². The van der Waals surface area contributed by atoms with Crippen molar-refractivity contribution < 1.29 is 9.53 Å². The van der Waals surface area contributed by atoms with Crippen LogP contribution in [-0.4, -0.2) is 55.3 Å². The first-order chi connectivity index (χ1) is 12.0. The third-order valence-corrected chi connectivity index (χ3v) is 5.07. The second kappa shape index (κ2) is 6.56. The zero-order valence-electron chi connectivity index (χ0n) is 14.2. The van der Waals surface area contributed by atoms with Crippen LogP contribution in [0, 0.1) is 13.8 Å². The van der Waals surface area contributed by atoms with Gasteiger partial charge in [-0.1, -0.05) is 15.9 Å². The standard InChI is InChI=1S/C16H21BrN6O2/c1-9-7-11(17)8-10(2)13(9)23-20-12-14(21-23)18-16(19-15(12)24)22-3-5-25-6-4-22/h7-8,12,14,20-21H,3-6H2,1-2H3,(H,18,19,24). The number of morpholine rings is 1. The number of rotatable bonds is 1. The van der Waals surface area contributed by atoms with E-state index in [2.05, 4.69) is 49.1 Å². The quantitative estimate of drug-likeness (QED) is 0.624. The summed E-state index contributed by atoms with van der Waals surface area (Å²) in [6, 6.07) is 3.67. The van der Waals surface area contributed by atoms with Crippen LogP contribution in [0.3, 0.4) is 0 Å². The molecular weight excluding hydrogens is 388 g/mol. The smallest absolute Gasteiger partial charge is 0.249 e. The van der Waals surface area contributed by atoms with E-state index in [4.69, 9.17) is 9.73 Å². The van der Waals surface area contributed by atoms with Crippen molar-refractivity contribution >= 4 is 33.5 Å². The number of hydrazine groups is 2. The number of carbonyl (C=O) groups excluding carboxylic acids is 1. The topological polar surface area (TPSA) is 81.2 Å². The minimum atomic E-state index is -0.438. The Balaban J connectivity index is 1.58. The van der Waals surface area contributed by atoms with Crippen molar-refractivity contribution in [3.8, 4) is 0 Å². The second-order valence-corrected chi connectivity index (χ2v) is 7.36. The van der Waals surface area contributed by atoms with Gasteiger partial charge in [0.25, 0.3) is 0 Å². The Hall–Kier alpha value is -1.68. The predicted molar refractivity (Wildman–Crippen MR) is 97.9 cm³/mol. The van der Waals surface area contributed by atoms with Gasteiger partial charge >= 0.3 is 0 Å². The van der Waals surface area contributed by atoms with Crippen LogP contribution in [0.4, 0.5) is 5.69 Å². The van der Waals surface area contributed by atoms with Gasteiger partial charge in [-0.2, -0.15) is 5.43 Å². The minimum absolute atomic E-state index is 0.0797. The highest BCUT2D eigenvalue weighted by molar-refractivity contribution is 9.10. The first-order valence-corrected chi connectivity index (χ1v) is 9.13. The Morgan fingerprint density at radius 3 is 2.56 bits per heavy atom. The lowest BCUT2D eigenvalue weighted by molar-refractivity contribution is -0.122. The molecule has 3 aliphatic rings. The third-order valence-electron chi connectivity index (χ3n) is 4.61. The van der Waals surface area contributed by atoms with Gasteiger partial charge in [0.2, 0.25) is 11.9 Å². The molecule has 3 aliphatic heterocycles. The molecule has 134 valence electrons. The van der Waals surface area contributed by atoms with E-state index in [0.29, 0.717) is 19.2 Å². The third kappa shape index (κ3) is 3.12. The number of aliphatic imine (C=N–C) groups is 1. The molecule has 0 saturated carbocycles. The van der Waals surface area contributed by atoms with Gasteiger partial charge in [-0.05, 0) is 37.1 Å². The molecule has 0 spiro atoms. The second-order valence-electron chi connectivity index (χ2n) is 6.45. The number of ether oxygens (including phenoxy) is 1. The number of hydrogen-bond acceptors (Lipinski definition) is 7. The molecule has 0 aromatic heterocycles. The van der Waals surface area contributed by atoms with Gasteiger partial charge in [-0.25, -0.2) is 15.5 Å². The maximum atomic E-state index is 12.5. The first kappa shape index (κ1) is 16.8. The summed E-state index contributed by atoms with van der Waals surface area (Å²) in [5, 5.41) is 4.73. The molecular formula is C16H21BrN6O2. The summed E-state index contributed by atoms with van der Waals surface area (Å²) >= 11 is 3.52. The highest BCUT2D eigenvalue weighted by Crippen LogP contribution is 2.29. The fourth-order valence-corrected chi connectivity index (χ4v) is 4.12. The summed E-state index contributed by atoms with van der Waals surface area (Å²) in [6.07, 6.45) is -0.339. The van der Waals surface area contributed by atoms with Crippen LogP contribution in [-0.2, 0) is 9.53 Å². The Bertz CT molecular complexity index is 710. The Labute approximate surface area is 154 Å². The Morgan fingerprint density at radius 1 is 1.20 bits per heavy atom. The molecule has 8 nitrogen and oxygen atoms in total. The maximum absolute atomic E-state index is 12.5.